The Labute approximate surface area is 227 Å². The summed E-state index contributed by atoms with van der Waals surface area (Å²) in [5.74, 6) is -0.650. The van der Waals surface area contributed by atoms with Crippen molar-refractivity contribution in [1.29, 1.82) is 0 Å². The van der Waals surface area contributed by atoms with Gasteiger partial charge in [0.25, 0.3) is 11.7 Å². The molecule has 1 N–H and O–H groups in total. The van der Waals surface area contributed by atoms with Gasteiger partial charge in [0.15, 0.2) is 0 Å². The van der Waals surface area contributed by atoms with Crippen LogP contribution in [0.3, 0.4) is 0 Å². The number of aliphatic hydroxyl groups is 1. The highest BCUT2D eigenvalue weighted by atomic mass is 32.1. The monoisotopic (exact) mass is 531 g/mol. The van der Waals surface area contributed by atoms with Crippen LogP contribution in [-0.4, -0.2) is 62.0 Å². The van der Waals surface area contributed by atoms with Crippen LogP contribution in [0, 0.1) is 0 Å². The van der Waals surface area contributed by atoms with Crippen molar-refractivity contribution in [2.45, 2.75) is 25.8 Å². The Balaban J connectivity index is 1.56. The number of anilines is 2. The highest BCUT2D eigenvalue weighted by Gasteiger charge is 2.47. The molecule has 2 aliphatic heterocycles. The van der Waals surface area contributed by atoms with Crippen LogP contribution >= 0.6 is 11.3 Å². The Morgan fingerprint density at radius 1 is 1.00 bits per heavy atom. The second-order valence-corrected chi connectivity index (χ2v) is 11.1. The number of ether oxygens (including phenoxy) is 1. The third kappa shape index (κ3) is 4.70. The normalized spacial score (nSPS) is 20.0. The first-order chi connectivity index (χ1) is 18.3. The number of amides is 1. The van der Waals surface area contributed by atoms with Gasteiger partial charge >= 0.3 is 0 Å². The molecular formula is C30H33N3O4S. The summed E-state index contributed by atoms with van der Waals surface area (Å²) in [4.78, 5) is 33.9. The number of likely N-dealkylation sites (N-methyl/N-ethyl adjacent to an activating group) is 1. The van der Waals surface area contributed by atoms with Crippen LogP contribution < -0.4 is 14.5 Å². The van der Waals surface area contributed by atoms with Crippen molar-refractivity contribution in [3.8, 4) is 5.75 Å². The first-order valence-corrected chi connectivity index (χ1v) is 13.7. The fourth-order valence-electron chi connectivity index (χ4n) is 5.19. The Kier molecular flexibility index (Phi) is 7.27. The summed E-state index contributed by atoms with van der Waals surface area (Å²) in [6.07, 6.45) is 0. The van der Waals surface area contributed by atoms with Gasteiger partial charge in [0, 0.05) is 48.0 Å². The molecule has 0 spiro atoms. The zero-order valence-corrected chi connectivity index (χ0v) is 23.0. The van der Waals surface area contributed by atoms with Crippen molar-refractivity contribution in [2.75, 3.05) is 50.1 Å². The predicted molar refractivity (Wildman–Crippen MR) is 152 cm³/mol. The number of carbonyl (C=O) groups excluding carboxylic acids is 2. The van der Waals surface area contributed by atoms with Crippen molar-refractivity contribution < 1.29 is 19.4 Å². The molecule has 2 aliphatic rings. The van der Waals surface area contributed by atoms with Gasteiger partial charge in [0.2, 0.25) is 0 Å². The van der Waals surface area contributed by atoms with E-state index in [2.05, 4.69) is 16.8 Å². The van der Waals surface area contributed by atoms with Crippen LogP contribution in [0.2, 0.25) is 0 Å². The van der Waals surface area contributed by atoms with Gasteiger partial charge in [-0.1, -0.05) is 19.9 Å². The number of rotatable bonds is 6. The lowest BCUT2D eigenvalue weighted by Crippen LogP contribution is -2.44. The SMILES string of the molecule is COc1ccc(/C(O)=C2/C(=O)C(=O)N(c3ccc(N4CCN(C)CC4)cc3)C2c2cccs2)cc1C(C)C. The largest absolute Gasteiger partial charge is 0.507 e. The highest BCUT2D eigenvalue weighted by molar-refractivity contribution is 7.10. The average Bonchev–Trinajstić information content (AvgIpc) is 3.55. The van der Waals surface area contributed by atoms with E-state index in [1.807, 2.05) is 61.7 Å². The van der Waals surface area contributed by atoms with E-state index in [1.165, 1.54) is 16.2 Å². The van der Waals surface area contributed by atoms with Crippen molar-refractivity contribution in [3.05, 3.63) is 81.6 Å². The maximum absolute atomic E-state index is 13.5. The Bertz CT molecular complexity index is 1360. The predicted octanol–water partition coefficient (Wildman–Crippen LogP) is 5.26. The molecule has 38 heavy (non-hydrogen) atoms. The smallest absolute Gasteiger partial charge is 0.300 e. The number of thiophene rings is 1. The molecule has 0 saturated carbocycles. The molecule has 1 amide bonds. The molecule has 7 nitrogen and oxygen atoms in total. The summed E-state index contributed by atoms with van der Waals surface area (Å²) in [5, 5.41) is 13.4. The topological polar surface area (TPSA) is 73.3 Å². The lowest BCUT2D eigenvalue weighted by atomic mass is 9.95. The Morgan fingerprint density at radius 2 is 1.68 bits per heavy atom. The summed E-state index contributed by atoms with van der Waals surface area (Å²) < 4.78 is 5.49. The number of aliphatic hydroxyl groups excluding tert-OH is 1. The van der Waals surface area contributed by atoms with Gasteiger partial charge in [-0.25, -0.2) is 0 Å². The molecule has 8 heteroatoms. The van der Waals surface area contributed by atoms with Gasteiger partial charge in [-0.05, 0) is 72.4 Å². The maximum Gasteiger partial charge on any atom is 0.300 e. The molecule has 1 aromatic heterocycles. The van der Waals surface area contributed by atoms with Crippen molar-refractivity contribution in [2.24, 2.45) is 0 Å². The van der Waals surface area contributed by atoms with Gasteiger partial charge in [-0.2, -0.15) is 0 Å². The van der Waals surface area contributed by atoms with Gasteiger partial charge in [0.1, 0.15) is 17.6 Å². The summed E-state index contributed by atoms with van der Waals surface area (Å²) in [6, 6.07) is 16.2. The van der Waals surface area contributed by atoms with E-state index in [9.17, 15) is 14.7 Å². The molecule has 0 bridgehead atoms. The summed E-state index contributed by atoms with van der Waals surface area (Å²) in [7, 11) is 3.73. The van der Waals surface area contributed by atoms with Crippen LogP contribution in [0.5, 0.6) is 5.75 Å². The van der Waals surface area contributed by atoms with E-state index >= 15 is 0 Å². The standard InChI is InChI=1S/C30H33N3O4S/c1-19(2)23-18-20(7-12-24(23)37-4)28(34)26-27(25-6-5-17-38-25)33(30(36)29(26)35)22-10-8-21(9-11-22)32-15-13-31(3)14-16-32/h5-12,17-19,27,34H,13-16H2,1-4H3/b28-26-. The molecule has 5 rings (SSSR count). The number of ketones is 1. The van der Waals surface area contributed by atoms with Crippen molar-refractivity contribution >= 4 is 40.2 Å². The second-order valence-electron chi connectivity index (χ2n) is 10.1. The molecule has 1 atom stereocenters. The number of hydrogen-bond donors (Lipinski definition) is 1. The van der Waals surface area contributed by atoms with Crippen molar-refractivity contribution in [3.63, 3.8) is 0 Å². The second kappa shape index (κ2) is 10.6. The zero-order valence-electron chi connectivity index (χ0n) is 22.2. The van der Waals surface area contributed by atoms with Crippen LogP contribution in [0.25, 0.3) is 5.76 Å². The molecule has 2 fully saturated rings. The Hall–Kier alpha value is -3.62. The lowest BCUT2D eigenvalue weighted by Gasteiger charge is -2.34. The summed E-state index contributed by atoms with van der Waals surface area (Å²) >= 11 is 1.45. The number of nitrogens with zero attached hydrogens (tertiary/aromatic N) is 3. The van der Waals surface area contributed by atoms with Gasteiger partial charge in [-0.15, -0.1) is 11.3 Å². The molecule has 198 valence electrons. The Morgan fingerprint density at radius 3 is 2.29 bits per heavy atom. The number of piperazine rings is 1. The molecule has 0 radical (unpaired) electrons. The molecule has 3 aromatic rings. The molecular weight excluding hydrogens is 498 g/mol. The first-order valence-electron chi connectivity index (χ1n) is 12.9. The number of hydrogen-bond acceptors (Lipinski definition) is 7. The first kappa shape index (κ1) is 26.0. The number of carbonyl (C=O) groups is 2. The number of Topliss-reactive ketones (excluding diaryl/α,β-unsaturated/α-hetero) is 1. The van der Waals surface area contributed by atoms with E-state index in [1.54, 1.807) is 19.2 Å². The van der Waals surface area contributed by atoms with Crippen LogP contribution in [0.1, 0.15) is 41.8 Å². The minimum absolute atomic E-state index is 0.0977. The number of benzene rings is 2. The lowest BCUT2D eigenvalue weighted by molar-refractivity contribution is -0.132. The highest BCUT2D eigenvalue weighted by Crippen LogP contribution is 2.44. The zero-order chi connectivity index (χ0) is 27.0. The van der Waals surface area contributed by atoms with Gasteiger partial charge in [0.05, 0.1) is 12.7 Å². The van der Waals surface area contributed by atoms with Crippen molar-refractivity contribution in [1.82, 2.24) is 4.90 Å². The summed E-state index contributed by atoms with van der Waals surface area (Å²) in [5.41, 5.74) is 3.21. The van der Waals surface area contributed by atoms with Gasteiger partial charge < -0.3 is 19.6 Å². The minimum Gasteiger partial charge on any atom is -0.507 e. The van der Waals surface area contributed by atoms with E-state index in [-0.39, 0.29) is 17.3 Å². The van der Waals surface area contributed by atoms with Crippen LogP contribution in [-0.2, 0) is 9.59 Å². The maximum atomic E-state index is 13.5. The minimum atomic E-state index is -0.714. The molecule has 3 heterocycles. The average molecular weight is 532 g/mol. The number of methoxy groups -OCH3 is 1. The fraction of sp³-hybridized carbons (Fsp3) is 0.333. The molecule has 2 saturated heterocycles. The van der Waals surface area contributed by atoms with Crippen LogP contribution in [0.15, 0.2) is 65.6 Å². The van der Waals surface area contributed by atoms with E-state index in [0.717, 1.165) is 42.3 Å². The van der Waals surface area contributed by atoms with E-state index < -0.39 is 17.7 Å². The fourth-order valence-corrected chi connectivity index (χ4v) is 6.02. The van der Waals surface area contributed by atoms with Crippen LogP contribution in [0.4, 0.5) is 11.4 Å². The summed E-state index contributed by atoms with van der Waals surface area (Å²) in [6.45, 7) is 7.96. The van der Waals surface area contributed by atoms with E-state index in [4.69, 9.17) is 4.74 Å². The van der Waals surface area contributed by atoms with E-state index in [0.29, 0.717) is 17.0 Å². The molecule has 1 unspecified atom stereocenters. The molecule has 2 aromatic carbocycles. The quantitative estimate of drug-likeness (QED) is 0.266. The third-order valence-corrected chi connectivity index (χ3v) is 8.30. The van der Waals surface area contributed by atoms with Gasteiger partial charge in [-0.3, -0.25) is 14.5 Å². The molecule has 0 aliphatic carbocycles. The third-order valence-electron chi connectivity index (χ3n) is 7.38.